The third kappa shape index (κ3) is 6.43. The summed E-state index contributed by atoms with van der Waals surface area (Å²) in [6, 6.07) is 9.39. The Labute approximate surface area is 205 Å². The van der Waals surface area contributed by atoms with Crippen molar-refractivity contribution >= 4 is 43.3 Å². The summed E-state index contributed by atoms with van der Waals surface area (Å²) in [5.41, 5.74) is 1.74. The Kier molecular flexibility index (Phi) is 8.31. The van der Waals surface area contributed by atoms with E-state index in [0.717, 1.165) is 0 Å². The number of aromatic amines is 1. The number of ether oxygens (including phenoxy) is 1. The van der Waals surface area contributed by atoms with Crippen molar-refractivity contribution in [3.05, 3.63) is 57.9 Å². The number of carbonyl (C=O) groups is 1. The number of benzene rings is 2. The first kappa shape index (κ1) is 25.4. The topological polar surface area (TPSA) is 89.1 Å². The van der Waals surface area contributed by atoms with E-state index >= 15 is 0 Å². The van der Waals surface area contributed by atoms with E-state index in [-0.39, 0.29) is 34.0 Å². The molecule has 3 aromatic rings. The number of rotatable bonds is 9. The van der Waals surface area contributed by atoms with Gasteiger partial charge in [-0.05, 0) is 65.0 Å². The third-order valence-electron chi connectivity index (χ3n) is 5.20. The summed E-state index contributed by atoms with van der Waals surface area (Å²) in [5.74, 6) is -0.356. The average Bonchev–Trinajstić information content (AvgIpc) is 3.26. The van der Waals surface area contributed by atoms with Crippen LogP contribution in [0.5, 0.6) is 0 Å². The summed E-state index contributed by atoms with van der Waals surface area (Å²) in [4.78, 5) is 18.8. The number of H-pyrrole nitrogens is 1. The van der Waals surface area contributed by atoms with Crippen LogP contribution in [0.25, 0.3) is 22.6 Å². The lowest BCUT2D eigenvalue weighted by Gasteiger charge is -2.11. The van der Waals surface area contributed by atoms with Crippen molar-refractivity contribution < 1.29 is 22.3 Å². The molecular formula is C23H23BrClFN2O4S. The minimum atomic E-state index is -3.65. The molecule has 0 spiro atoms. The molecule has 1 atom stereocenters. The van der Waals surface area contributed by atoms with Gasteiger partial charge in [0.25, 0.3) is 0 Å². The Balaban J connectivity index is 1.77. The number of methoxy groups -OCH3 is 1. The first-order valence-electron chi connectivity index (χ1n) is 10.2. The lowest BCUT2D eigenvalue weighted by atomic mass is 10.0. The minimum Gasteiger partial charge on any atom is -0.469 e. The molecule has 3 rings (SSSR count). The lowest BCUT2D eigenvalue weighted by molar-refractivity contribution is -0.141. The zero-order valence-electron chi connectivity index (χ0n) is 18.1. The fourth-order valence-corrected chi connectivity index (χ4v) is 5.52. The zero-order valence-corrected chi connectivity index (χ0v) is 21.2. The van der Waals surface area contributed by atoms with Crippen LogP contribution in [0.1, 0.15) is 26.2 Å². The van der Waals surface area contributed by atoms with E-state index < -0.39 is 15.7 Å². The molecule has 0 saturated carbocycles. The van der Waals surface area contributed by atoms with E-state index in [4.69, 9.17) is 11.6 Å². The molecule has 0 aliphatic rings. The molecule has 0 aliphatic heterocycles. The highest BCUT2D eigenvalue weighted by atomic mass is 79.9. The maximum Gasteiger partial charge on any atom is 0.305 e. The maximum atomic E-state index is 13.9. The Morgan fingerprint density at radius 2 is 1.97 bits per heavy atom. The number of carbonyl (C=O) groups excluding carboxylic acids is 1. The third-order valence-corrected chi connectivity index (χ3v) is 8.12. The summed E-state index contributed by atoms with van der Waals surface area (Å²) in [6.07, 6.45) is 2.76. The van der Waals surface area contributed by atoms with Crippen LogP contribution in [0.15, 0.2) is 52.0 Å². The molecule has 0 fully saturated rings. The van der Waals surface area contributed by atoms with E-state index in [9.17, 15) is 17.6 Å². The molecule has 1 heterocycles. The molecule has 1 aromatic heterocycles. The van der Waals surface area contributed by atoms with E-state index in [1.807, 2.05) is 6.92 Å². The first-order chi connectivity index (χ1) is 15.6. The summed E-state index contributed by atoms with van der Waals surface area (Å²) in [7, 11) is -2.32. The number of esters is 1. The second kappa shape index (κ2) is 10.8. The molecule has 1 N–H and O–H groups in total. The van der Waals surface area contributed by atoms with Crippen molar-refractivity contribution in [2.45, 2.75) is 31.1 Å². The Morgan fingerprint density at radius 3 is 2.67 bits per heavy atom. The second-order valence-corrected chi connectivity index (χ2v) is 11.1. The van der Waals surface area contributed by atoms with Gasteiger partial charge < -0.3 is 9.72 Å². The molecule has 176 valence electrons. The maximum absolute atomic E-state index is 13.9. The predicted molar refractivity (Wildman–Crippen MR) is 129 cm³/mol. The highest BCUT2D eigenvalue weighted by molar-refractivity contribution is 9.10. The van der Waals surface area contributed by atoms with Crippen molar-refractivity contribution in [2.24, 2.45) is 5.92 Å². The smallest absolute Gasteiger partial charge is 0.305 e. The quantitative estimate of drug-likeness (QED) is 0.324. The van der Waals surface area contributed by atoms with Crippen molar-refractivity contribution in [2.75, 3.05) is 12.9 Å². The molecule has 33 heavy (non-hydrogen) atoms. The summed E-state index contributed by atoms with van der Waals surface area (Å²) in [6.45, 7) is 1.88. The van der Waals surface area contributed by atoms with Crippen LogP contribution in [-0.2, 0) is 19.4 Å². The highest BCUT2D eigenvalue weighted by Crippen LogP contribution is 2.30. The molecule has 6 nitrogen and oxygen atoms in total. The second-order valence-electron chi connectivity index (χ2n) is 7.77. The lowest BCUT2D eigenvalue weighted by Crippen LogP contribution is -2.11. The molecule has 0 aliphatic carbocycles. The van der Waals surface area contributed by atoms with Gasteiger partial charge >= 0.3 is 5.97 Å². The van der Waals surface area contributed by atoms with Gasteiger partial charge in [-0.3, -0.25) is 4.79 Å². The summed E-state index contributed by atoms with van der Waals surface area (Å²) >= 11 is 9.34. The van der Waals surface area contributed by atoms with Crippen molar-refractivity contribution in [1.29, 1.82) is 0 Å². The fraction of sp³-hybridized carbons (Fsp3) is 0.304. The largest absolute Gasteiger partial charge is 0.469 e. The van der Waals surface area contributed by atoms with Crippen molar-refractivity contribution in [1.82, 2.24) is 9.97 Å². The van der Waals surface area contributed by atoms with Crippen molar-refractivity contribution in [3.8, 4) is 22.6 Å². The van der Waals surface area contributed by atoms with Crippen LogP contribution in [0.4, 0.5) is 4.39 Å². The van der Waals surface area contributed by atoms with Crippen LogP contribution in [0, 0.1) is 11.7 Å². The van der Waals surface area contributed by atoms with E-state index in [1.165, 1.54) is 25.3 Å². The fourth-order valence-electron chi connectivity index (χ4n) is 3.37. The zero-order chi connectivity index (χ0) is 24.2. The molecule has 2 aromatic carbocycles. The van der Waals surface area contributed by atoms with Gasteiger partial charge in [-0.1, -0.05) is 24.6 Å². The number of nitrogens with one attached hydrogen (secondary N) is 1. The van der Waals surface area contributed by atoms with E-state index in [0.29, 0.717) is 40.0 Å². The predicted octanol–water partition coefficient (Wildman–Crippen LogP) is 6.05. The normalized spacial score (nSPS) is 12.5. The summed E-state index contributed by atoms with van der Waals surface area (Å²) in [5, 5.41) is 0.128. The van der Waals surface area contributed by atoms with Gasteiger partial charge in [0.15, 0.2) is 9.84 Å². The Hall–Kier alpha value is -2.23. The Morgan fingerprint density at radius 1 is 1.24 bits per heavy atom. The number of hydrogen-bond donors (Lipinski definition) is 1. The minimum absolute atomic E-state index is 0.0134. The van der Waals surface area contributed by atoms with Crippen molar-refractivity contribution in [3.63, 3.8) is 0 Å². The summed E-state index contributed by atoms with van der Waals surface area (Å²) < 4.78 is 44.8. The van der Waals surface area contributed by atoms with Gasteiger partial charge in [0.05, 0.1) is 39.1 Å². The number of aromatic nitrogens is 2. The van der Waals surface area contributed by atoms with Crippen LogP contribution in [-0.4, -0.2) is 37.2 Å². The van der Waals surface area contributed by atoms with Crippen LogP contribution < -0.4 is 0 Å². The van der Waals surface area contributed by atoms with Gasteiger partial charge in [-0.15, -0.1) is 0 Å². The molecule has 10 heteroatoms. The molecule has 0 radical (unpaired) electrons. The van der Waals surface area contributed by atoms with Gasteiger partial charge in [0.1, 0.15) is 11.6 Å². The average molecular weight is 558 g/mol. The molecule has 0 bridgehead atoms. The van der Waals surface area contributed by atoms with E-state index in [1.54, 1.807) is 24.4 Å². The van der Waals surface area contributed by atoms with Crippen LogP contribution in [0.3, 0.4) is 0 Å². The van der Waals surface area contributed by atoms with Gasteiger partial charge in [0.2, 0.25) is 0 Å². The highest BCUT2D eigenvalue weighted by Gasteiger charge is 2.21. The van der Waals surface area contributed by atoms with Crippen LogP contribution in [0.2, 0.25) is 5.02 Å². The molecular weight excluding hydrogens is 535 g/mol. The molecule has 0 amide bonds. The van der Waals surface area contributed by atoms with Gasteiger partial charge in [-0.25, -0.2) is 17.8 Å². The van der Waals surface area contributed by atoms with Gasteiger partial charge in [0, 0.05) is 17.5 Å². The molecule has 1 unspecified atom stereocenters. The van der Waals surface area contributed by atoms with E-state index in [2.05, 4.69) is 30.6 Å². The first-order valence-corrected chi connectivity index (χ1v) is 13.0. The number of imidazole rings is 1. The monoisotopic (exact) mass is 556 g/mol. The van der Waals surface area contributed by atoms with Gasteiger partial charge in [-0.2, -0.15) is 0 Å². The number of sulfone groups is 1. The standard InChI is InChI=1S/C23H23BrClFN2O4S/c1-14(10-22(29)32-2)4-3-9-33(30,31)21-12-16(6-8-18(21)25)23-27-13-20(28-23)15-5-7-17(24)19(26)11-15/h5-8,11-14H,3-4,9-10H2,1-2H3,(H,27,28). The molecule has 0 saturated heterocycles. The SMILES string of the molecule is COC(=O)CC(C)CCCS(=O)(=O)c1cc(-c2ncc(-c3ccc(Br)c(F)c3)[nH]2)ccc1Cl. The number of hydrogen-bond acceptors (Lipinski definition) is 5. The Bertz CT molecular complexity index is 1260. The van der Waals surface area contributed by atoms with Crippen LogP contribution >= 0.6 is 27.5 Å². The number of nitrogens with zero attached hydrogens (tertiary/aromatic N) is 1. The number of halogens is 3.